The van der Waals surface area contributed by atoms with Crippen LogP contribution in [0.25, 0.3) is 5.70 Å². The molecule has 5 rings (SSSR count). The van der Waals surface area contributed by atoms with E-state index in [1.165, 1.54) is 0 Å². The van der Waals surface area contributed by atoms with Crippen molar-refractivity contribution in [2.24, 2.45) is 11.8 Å². The minimum absolute atomic E-state index is 0.0260. The number of anilines is 2. The van der Waals surface area contributed by atoms with Crippen LogP contribution in [0.1, 0.15) is 37.9 Å². The van der Waals surface area contributed by atoms with Crippen molar-refractivity contribution in [2.75, 3.05) is 42.6 Å². The van der Waals surface area contributed by atoms with Crippen LogP contribution in [-0.2, 0) is 11.3 Å². The average molecular weight is 467 g/mol. The number of urea groups is 1. The summed E-state index contributed by atoms with van der Waals surface area (Å²) in [5.41, 5.74) is 4.80. The standard InChI is InChI=1S/C26H31ClN4O2/c1-18(2)13-20-5-8-23-25-24(14-22(15-28-25)29-9-11-33-12-10-29)31(26(32)30(23)17-20)16-19-3-6-21(27)7-4-19/h3-4,6-8,14-15,18,20H,5,9-13,16-17H2,1-2H3. The number of fused-ring (bicyclic) bond motifs is 3. The van der Waals surface area contributed by atoms with Gasteiger partial charge >= 0.3 is 6.03 Å². The zero-order valence-corrected chi connectivity index (χ0v) is 20.1. The van der Waals surface area contributed by atoms with Gasteiger partial charge in [0.1, 0.15) is 5.69 Å². The lowest BCUT2D eigenvalue weighted by molar-refractivity contribution is 0.122. The highest BCUT2D eigenvalue weighted by Gasteiger charge is 2.38. The molecular formula is C26H31ClN4O2. The Balaban J connectivity index is 1.53. The SMILES string of the molecule is CC(C)CC1CC=C2c3ncc(N4CCOCC4)cc3N(Cc3ccc(Cl)cc3)C(=O)N2C1. The summed E-state index contributed by atoms with van der Waals surface area (Å²) in [7, 11) is 0. The lowest BCUT2D eigenvalue weighted by atomic mass is 9.89. The van der Waals surface area contributed by atoms with Gasteiger partial charge in [0.2, 0.25) is 0 Å². The van der Waals surface area contributed by atoms with Crippen molar-refractivity contribution in [3.05, 3.63) is 58.9 Å². The van der Waals surface area contributed by atoms with Gasteiger partial charge in [-0.1, -0.05) is 43.7 Å². The van der Waals surface area contributed by atoms with E-state index in [-0.39, 0.29) is 6.03 Å². The number of benzene rings is 1. The zero-order chi connectivity index (χ0) is 22.9. The molecule has 0 saturated carbocycles. The third-order valence-corrected chi connectivity index (χ3v) is 6.91. The summed E-state index contributed by atoms with van der Waals surface area (Å²) < 4.78 is 5.52. The maximum absolute atomic E-state index is 13.8. The fraction of sp³-hybridized carbons (Fsp3) is 0.462. The predicted octanol–water partition coefficient (Wildman–Crippen LogP) is 5.42. The molecule has 174 valence electrons. The maximum Gasteiger partial charge on any atom is 0.329 e. The second kappa shape index (κ2) is 9.35. The van der Waals surface area contributed by atoms with Crippen molar-refractivity contribution >= 4 is 34.7 Å². The molecule has 1 atom stereocenters. The first kappa shape index (κ1) is 22.2. The Morgan fingerprint density at radius 2 is 1.94 bits per heavy atom. The smallest absolute Gasteiger partial charge is 0.329 e. The Bertz CT molecular complexity index is 1050. The van der Waals surface area contributed by atoms with E-state index in [2.05, 4.69) is 30.9 Å². The number of ether oxygens (including phenoxy) is 1. The number of morpholine rings is 1. The molecule has 1 aromatic carbocycles. The van der Waals surface area contributed by atoms with Crippen LogP contribution in [0.15, 0.2) is 42.6 Å². The summed E-state index contributed by atoms with van der Waals surface area (Å²) in [6.45, 7) is 8.79. The van der Waals surface area contributed by atoms with Crippen molar-refractivity contribution in [1.82, 2.24) is 9.88 Å². The molecule has 0 radical (unpaired) electrons. The average Bonchev–Trinajstić information content (AvgIpc) is 2.83. The van der Waals surface area contributed by atoms with E-state index in [1.54, 1.807) is 0 Å². The number of allylic oxidation sites excluding steroid dienone is 1. The van der Waals surface area contributed by atoms with E-state index >= 15 is 0 Å². The van der Waals surface area contributed by atoms with Gasteiger partial charge in [0.25, 0.3) is 0 Å². The zero-order valence-electron chi connectivity index (χ0n) is 19.3. The Morgan fingerprint density at radius 1 is 1.18 bits per heavy atom. The summed E-state index contributed by atoms with van der Waals surface area (Å²) in [4.78, 5) is 24.8. The molecule has 7 heteroatoms. The molecular weight excluding hydrogens is 436 g/mol. The molecule has 6 nitrogen and oxygen atoms in total. The van der Waals surface area contributed by atoms with E-state index in [4.69, 9.17) is 21.3 Å². The molecule has 0 N–H and O–H groups in total. The lowest BCUT2D eigenvalue weighted by Crippen LogP contribution is -2.49. The van der Waals surface area contributed by atoms with Gasteiger partial charge in [-0.3, -0.25) is 14.8 Å². The molecule has 1 unspecified atom stereocenters. The second-order valence-electron chi connectivity index (χ2n) is 9.59. The molecule has 2 aromatic rings. The van der Waals surface area contributed by atoms with Gasteiger partial charge in [-0.15, -0.1) is 0 Å². The highest BCUT2D eigenvalue weighted by molar-refractivity contribution is 6.30. The quantitative estimate of drug-likeness (QED) is 0.590. The predicted molar refractivity (Wildman–Crippen MR) is 133 cm³/mol. The number of aromatic nitrogens is 1. The van der Waals surface area contributed by atoms with Crippen molar-refractivity contribution in [2.45, 2.75) is 33.2 Å². The van der Waals surface area contributed by atoms with Crippen LogP contribution in [0.2, 0.25) is 5.02 Å². The molecule has 4 heterocycles. The Morgan fingerprint density at radius 3 is 2.67 bits per heavy atom. The van der Waals surface area contributed by atoms with Gasteiger partial charge in [0.15, 0.2) is 0 Å². The van der Waals surface area contributed by atoms with Crippen LogP contribution >= 0.6 is 11.6 Å². The largest absolute Gasteiger partial charge is 0.378 e. The lowest BCUT2D eigenvalue weighted by Gasteiger charge is -2.42. The van der Waals surface area contributed by atoms with E-state index in [0.29, 0.717) is 36.6 Å². The first-order valence-corrected chi connectivity index (χ1v) is 12.2. The van der Waals surface area contributed by atoms with E-state index in [9.17, 15) is 4.79 Å². The highest BCUT2D eigenvalue weighted by atomic mass is 35.5. The molecule has 0 bridgehead atoms. The Hall–Kier alpha value is -2.57. The van der Waals surface area contributed by atoms with Gasteiger partial charge in [-0.25, -0.2) is 4.79 Å². The number of rotatable bonds is 5. The third-order valence-electron chi connectivity index (χ3n) is 6.66. The van der Waals surface area contributed by atoms with Gasteiger partial charge in [0, 0.05) is 24.7 Å². The number of hydrogen-bond acceptors (Lipinski definition) is 4. The van der Waals surface area contributed by atoms with Crippen molar-refractivity contribution in [3.63, 3.8) is 0 Å². The summed E-state index contributed by atoms with van der Waals surface area (Å²) in [6, 6.07) is 9.87. The molecule has 33 heavy (non-hydrogen) atoms. The number of hydrogen-bond donors (Lipinski definition) is 0. The van der Waals surface area contributed by atoms with Gasteiger partial charge in [-0.2, -0.15) is 0 Å². The van der Waals surface area contributed by atoms with Crippen LogP contribution < -0.4 is 9.80 Å². The number of carbonyl (C=O) groups is 1. The maximum atomic E-state index is 13.8. The fourth-order valence-electron chi connectivity index (χ4n) is 5.08. The Labute approximate surface area is 200 Å². The summed E-state index contributed by atoms with van der Waals surface area (Å²) in [5.74, 6) is 1.08. The van der Waals surface area contributed by atoms with Crippen LogP contribution in [0.5, 0.6) is 0 Å². The molecule has 1 saturated heterocycles. The number of carbonyl (C=O) groups excluding carboxylic acids is 1. The van der Waals surface area contributed by atoms with Crippen LogP contribution in [0.4, 0.5) is 16.2 Å². The minimum atomic E-state index is 0.0260. The number of nitrogens with zero attached hydrogens (tertiary/aromatic N) is 4. The van der Waals surface area contributed by atoms with E-state index in [0.717, 1.165) is 60.8 Å². The van der Waals surface area contributed by atoms with E-state index in [1.807, 2.05) is 40.3 Å². The van der Waals surface area contributed by atoms with Crippen LogP contribution in [0, 0.1) is 11.8 Å². The molecule has 0 spiro atoms. The summed E-state index contributed by atoms with van der Waals surface area (Å²) >= 11 is 6.10. The van der Waals surface area contributed by atoms with Crippen LogP contribution in [-0.4, -0.2) is 48.8 Å². The second-order valence-corrected chi connectivity index (χ2v) is 10.0. The van der Waals surface area contributed by atoms with Crippen molar-refractivity contribution in [1.29, 1.82) is 0 Å². The minimum Gasteiger partial charge on any atom is -0.378 e. The number of halogens is 1. The normalized spacial score (nSPS) is 20.6. The van der Waals surface area contributed by atoms with E-state index < -0.39 is 0 Å². The first-order chi connectivity index (χ1) is 16.0. The van der Waals surface area contributed by atoms with Gasteiger partial charge < -0.3 is 9.64 Å². The van der Waals surface area contributed by atoms with Gasteiger partial charge in [-0.05, 0) is 48.4 Å². The molecule has 0 aliphatic carbocycles. The van der Waals surface area contributed by atoms with Crippen molar-refractivity contribution < 1.29 is 9.53 Å². The number of amides is 2. The third kappa shape index (κ3) is 4.59. The first-order valence-electron chi connectivity index (χ1n) is 11.9. The summed E-state index contributed by atoms with van der Waals surface area (Å²) in [6.07, 6.45) is 6.26. The monoisotopic (exact) mass is 466 g/mol. The molecule has 1 fully saturated rings. The molecule has 3 aliphatic rings. The Kier molecular flexibility index (Phi) is 6.30. The molecule has 2 amide bonds. The van der Waals surface area contributed by atoms with Crippen LogP contribution in [0.3, 0.4) is 0 Å². The molecule has 1 aromatic heterocycles. The number of pyridine rings is 1. The highest BCUT2D eigenvalue weighted by Crippen LogP contribution is 2.41. The molecule has 3 aliphatic heterocycles. The van der Waals surface area contributed by atoms with Gasteiger partial charge in [0.05, 0.1) is 43.0 Å². The van der Waals surface area contributed by atoms with Crippen molar-refractivity contribution in [3.8, 4) is 0 Å². The topological polar surface area (TPSA) is 48.9 Å². The fourth-order valence-corrected chi connectivity index (χ4v) is 5.20. The summed E-state index contributed by atoms with van der Waals surface area (Å²) in [5, 5.41) is 0.693.